The van der Waals surface area contributed by atoms with E-state index in [1.165, 1.54) is 24.3 Å². The molecular weight excluding hydrogens is 289 g/mol. The largest absolute Gasteiger partial charge is 0.411 e. The fourth-order valence-electron chi connectivity index (χ4n) is 1.42. The van der Waals surface area contributed by atoms with E-state index in [-0.39, 0.29) is 5.91 Å². The maximum Gasteiger partial charge on any atom is 0.411 e. The molecule has 0 aliphatic carbocycles. The summed E-state index contributed by atoms with van der Waals surface area (Å²) in [6.45, 7) is 0.107. The van der Waals surface area contributed by atoms with E-state index in [9.17, 15) is 22.8 Å². The average Bonchev–Trinajstić information content (AvgIpc) is 2.38. The normalized spacial score (nSPS) is 11.0. The van der Waals surface area contributed by atoms with E-state index in [1.807, 2.05) is 0 Å². The summed E-state index contributed by atoms with van der Waals surface area (Å²) in [5, 5.41) is 4.97. The van der Waals surface area contributed by atoms with Crippen LogP contribution in [0.25, 0.3) is 0 Å². The molecule has 21 heavy (non-hydrogen) atoms. The van der Waals surface area contributed by atoms with E-state index < -0.39 is 25.3 Å². The second kappa shape index (κ2) is 7.63. The summed E-state index contributed by atoms with van der Waals surface area (Å²) in [7, 11) is 0. The maximum absolute atomic E-state index is 11.8. The first-order valence-electron chi connectivity index (χ1n) is 6.14. The van der Waals surface area contributed by atoms with E-state index in [0.29, 0.717) is 17.8 Å². The van der Waals surface area contributed by atoms with Crippen molar-refractivity contribution in [2.24, 2.45) is 0 Å². The fourth-order valence-corrected chi connectivity index (χ4v) is 1.42. The molecule has 0 saturated heterocycles. The second-order valence-corrected chi connectivity index (χ2v) is 4.09. The highest BCUT2D eigenvalue weighted by molar-refractivity contribution is 5.95. The lowest BCUT2D eigenvalue weighted by molar-refractivity contribution is -0.174. The first-order valence-corrected chi connectivity index (χ1v) is 6.14. The molecular formula is C13H15F3N2O3. The van der Waals surface area contributed by atoms with Crippen molar-refractivity contribution in [1.29, 1.82) is 0 Å². The predicted molar refractivity (Wildman–Crippen MR) is 70.0 cm³/mol. The third kappa shape index (κ3) is 6.75. The molecule has 5 nitrogen and oxygen atoms in total. The van der Waals surface area contributed by atoms with Crippen LogP contribution in [0.3, 0.4) is 0 Å². The zero-order valence-corrected chi connectivity index (χ0v) is 11.3. The van der Waals surface area contributed by atoms with Crippen LogP contribution in [0.1, 0.15) is 17.3 Å². The Labute approximate surface area is 119 Å². The SMILES string of the molecule is CCNC(=O)c1ccc(NC(=O)COCC(F)(F)F)cc1. The quantitative estimate of drug-likeness (QED) is 0.844. The molecule has 1 rings (SSSR count). The molecule has 0 saturated carbocycles. The number of anilines is 1. The van der Waals surface area contributed by atoms with Crippen LogP contribution in [0.5, 0.6) is 0 Å². The van der Waals surface area contributed by atoms with Gasteiger partial charge >= 0.3 is 6.18 Å². The van der Waals surface area contributed by atoms with Gasteiger partial charge in [-0.15, -0.1) is 0 Å². The van der Waals surface area contributed by atoms with Crippen molar-refractivity contribution >= 4 is 17.5 Å². The monoisotopic (exact) mass is 304 g/mol. The molecule has 1 aromatic carbocycles. The molecule has 0 bridgehead atoms. The summed E-state index contributed by atoms with van der Waals surface area (Å²) in [5.74, 6) is -0.950. The molecule has 2 N–H and O–H groups in total. The summed E-state index contributed by atoms with van der Waals surface area (Å²) < 4.78 is 39.7. The standard InChI is InChI=1S/C13H15F3N2O3/c1-2-17-12(20)9-3-5-10(6-4-9)18-11(19)7-21-8-13(14,15)16/h3-6H,2,7-8H2,1H3,(H,17,20)(H,18,19). The molecule has 0 aliphatic rings. The summed E-state index contributed by atoms with van der Waals surface area (Å²) in [4.78, 5) is 22.8. The van der Waals surface area contributed by atoms with Crippen LogP contribution < -0.4 is 10.6 Å². The number of nitrogens with one attached hydrogen (secondary N) is 2. The number of carbonyl (C=O) groups is 2. The molecule has 0 radical (unpaired) electrons. The van der Waals surface area contributed by atoms with Crippen LogP contribution >= 0.6 is 0 Å². The second-order valence-electron chi connectivity index (χ2n) is 4.09. The number of hydrogen-bond acceptors (Lipinski definition) is 3. The van der Waals surface area contributed by atoms with Crippen molar-refractivity contribution in [2.75, 3.05) is 25.1 Å². The molecule has 0 fully saturated rings. The van der Waals surface area contributed by atoms with Crippen molar-refractivity contribution in [2.45, 2.75) is 13.1 Å². The Morgan fingerprint density at radius 2 is 1.81 bits per heavy atom. The molecule has 1 aromatic rings. The number of halogens is 3. The molecule has 2 amide bonds. The van der Waals surface area contributed by atoms with Crippen LogP contribution in [0.4, 0.5) is 18.9 Å². The third-order valence-electron chi connectivity index (χ3n) is 2.27. The highest BCUT2D eigenvalue weighted by atomic mass is 19.4. The van der Waals surface area contributed by atoms with Gasteiger partial charge in [-0.3, -0.25) is 9.59 Å². The minimum Gasteiger partial charge on any atom is -0.362 e. The Balaban J connectivity index is 2.44. The van der Waals surface area contributed by atoms with E-state index in [4.69, 9.17) is 0 Å². The molecule has 0 spiro atoms. The Morgan fingerprint density at radius 1 is 1.19 bits per heavy atom. The summed E-state index contributed by atoms with van der Waals surface area (Å²) in [6, 6.07) is 5.95. The fraction of sp³-hybridized carbons (Fsp3) is 0.385. The van der Waals surface area contributed by atoms with Gasteiger partial charge in [0.05, 0.1) is 0 Å². The van der Waals surface area contributed by atoms with Crippen LogP contribution in [0.2, 0.25) is 0 Å². The first kappa shape index (κ1) is 17.0. The van der Waals surface area contributed by atoms with Crippen LogP contribution in [-0.2, 0) is 9.53 Å². The molecule has 116 valence electrons. The van der Waals surface area contributed by atoms with Crippen LogP contribution in [0.15, 0.2) is 24.3 Å². The number of rotatable bonds is 6. The smallest absolute Gasteiger partial charge is 0.362 e. The van der Waals surface area contributed by atoms with Crippen LogP contribution in [0, 0.1) is 0 Å². The van der Waals surface area contributed by atoms with Crippen molar-refractivity contribution in [3.8, 4) is 0 Å². The third-order valence-corrected chi connectivity index (χ3v) is 2.27. The number of alkyl halides is 3. The Bertz CT molecular complexity index is 486. The number of amides is 2. The maximum atomic E-state index is 11.8. The Kier molecular flexibility index (Phi) is 6.16. The number of benzene rings is 1. The number of carbonyl (C=O) groups excluding carboxylic acids is 2. The predicted octanol–water partition coefficient (Wildman–Crippen LogP) is 1.95. The lowest BCUT2D eigenvalue weighted by atomic mass is 10.2. The van der Waals surface area contributed by atoms with Crippen molar-refractivity contribution < 1.29 is 27.5 Å². The minimum absolute atomic E-state index is 0.246. The Morgan fingerprint density at radius 3 is 2.33 bits per heavy atom. The molecule has 0 aliphatic heterocycles. The van der Waals surface area contributed by atoms with Gasteiger partial charge < -0.3 is 15.4 Å². The van der Waals surface area contributed by atoms with Crippen molar-refractivity contribution in [3.63, 3.8) is 0 Å². The Hall–Kier alpha value is -2.09. The zero-order valence-electron chi connectivity index (χ0n) is 11.3. The van der Waals surface area contributed by atoms with Gasteiger partial charge in [-0.05, 0) is 31.2 Å². The van der Waals surface area contributed by atoms with Gasteiger partial charge in [-0.1, -0.05) is 0 Å². The number of hydrogen-bond donors (Lipinski definition) is 2. The molecule has 0 heterocycles. The lowest BCUT2D eigenvalue weighted by Gasteiger charge is -2.09. The zero-order chi connectivity index (χ0) is 15.9. The van der Waals surface area contributed by atoms with Gasteiger partial charge in [0.1, 0.15) is 13.2 Å². The van der Waals surface area contributed by atoms with Gasteiger partial charge in [0.25, 0.3) is 5.91 Å². The highest BCUT2D eigenvalue weighted by Crippen LogP contribution is 2.14. The van der Waals surface area contributed by atoms with Crippen molar-refractivity contribution in [3.05, 3.63) is 29.8 Å². The molecule has 0 unspecified atom stereocenters. The highest BCUT2D eigenvalue weighted by Gasteiger charge is 2.27. The van der Waals surface area contributed by atoms with Gasteiger partial charge in [-0.25, -0.2) is 0 Å². The topological polar surface area (TPSA) is 67.4 Å². The molecule has 0 aromatic heterocycles. The molecule has 8 heteroatoms. The van der Waals surface area contributed by atoms with Crippen molar-refractivity contribution in [1.82, 2.24) is 5.32 Å². The average molecular weight is 304 g/mol. The van der Waals surface area contributed by atoms with Gasteiger partial charge in [0, 0.05) is 17.8 Å². The van der Waals surface area contributed by atoms with Crippen LogP contribution in [-0.4, -0.2) is 37.7 Å². The summed E-state index contributed by atoms with van der Waals surface area (Å²) in [5.41, 5.74) is 0.784. The van der Waals surface area contributed by atoms with Gasteiger partial charge in [0.2, 0.25) is 5.91 Å². The molecule has 0 atom stereocenters. The minimum atomic E-state index is -4.46. The van der Waals surface area contributed by atoms with Gasteiger partial charge in [0.15, 0.2) is 0 Å². The summed E-state index contributed by atoms with van der Waals surface area (Å²) >= 11 is 0. The first-order chi connectivity index (χ1) is 9.81. The van der Waals surface area contributed by atoms with E-state index in [0.717, 1.165) is 0 Å². The van der Waals surface area contributed by atoms with E-state index >= 15 is 0 Å². The van der Waals surface area contributed by atoms with E-state index in [1.54, 1.807) is 6.92 Å². The number of ether oxygens (including phenoxy) is 1. The van der Waals surface area contributed by atoms with E-state index in [2.05, 4.69) is 15.4 Å². The lowest BCUT2D eigenvalue weighted by Crippen LogP contribution is -2.24. The van der Waals surface area contributed by atoms with Gasteiger partial charge in [-0.2, -0.15) is 13.2 Å². The summed E-state index contributed by atoms with van der Waals surface area (Å²) in [6.07, 6.45) is -4.46.